The van der Waals surface area contributed by atoms with Crippen LogP contribution in [0, 0.1) is 6.92 Å². The van der Waals surface area contributed by atoms with E-state index < -0.39 is 17.9 Å². The smallest absolute Gasteiger partial charge is 0.326 e. The monoisotopic (exact) mass is 352 g/mol. The van der Waals surface area contributed by atoms with Gasteiger partial charge in [0.25, 0.3) is 5.91 Å². The minimum atomic E-state index is -1.06. The predicted octanol–water partition coefficient (Wildman–Crippen LogP) is 2.54. The molecule has 3 aromatic rings. The first-order valence-corrected chi connectivity index (χ1v) is 8.35. The molecule has 7 heteroatoms. The van der Waals surface area contributed by atoms with Crippen LogP contribution in [0.4, 0.5) is 0 Å². The highest BCUT2D eigenvalue weighted by Gasteiger charge is 2.23. The van der Waals surface area contributed by atoms with Crippen molar-refractivity contribution in [3.05, 3.63) is 47.7 Å². The Bertz CT molecular complexity index is 979. The summed E-state index contributed by atoms with van der Waals surface area (Å²) in [6.07, 6.45) is 0.298. The Morgan fingerprint density at radius 3 is 2.58 bits per heavy atom. The molecule has 1 amide bonds. The van der Waals surface area contributed by atoms with E-state index in [0.717, 1.165) is 5.56 Å². The number of pyridine rings is 1. The number of amides is 1. The first kappa shape index (κ1) is 17.6. The van der Waals surface area contributed by atoms with Gasteiger partial charge in [0.15, 0.2) is 5.65 Å². The molecule has 2 N–H and O–H groups in total. The lowest BCUT2D eigenvalue weighted by molar-refractivity contribution is -0.139. The van der Waals surface area contributed by atoms with Gasteiger partial charge in [-0.3, -0.25) is 9.48 Å². The molecule has 0 saturated heterocycles. The van der Waals surface area contributed by atoms with Crippen LogP contribution in [0.2, 0.25) is 0 Å². The first-order chi connectivity index (χ1) is 12.4. The minimum Gasteiger partial charge on any atom is -0.480 e. The molecule has 1 atom stereocenters. The number of nitrogens with zero attached hydrogens (tertiary/aromatic N) is 3. The third-order valence-electron chi connectivity index (χ3n) is 4.29. The molecule has 0 aliphatic carbocycles. The van der Waals surface area contributed by atoms with Gasteiger partial charge < -0.3 is 10.4 Å². The van der Waals surface area contributed by atoms with Crippen molar-refractivity contribution in [3.63, 3.8) is 0 Å². The molecule has 0 fully saturated rings. The van der Waals surface area contributed by atoms with Crippen LogP contribution in [0.25, 0.3) is 22.3 Å². The molecular weight excluding hydrogens is 332 g/mol. The van der Waals surface area contributed by atoms with Crippen LogP contribution in [0.3, 0.4) is 0 Å². The largest absolute Gasteiger partial charge is 0.480 e. The fraction of sp³-hybridized carbons (Fsp3) is 0.263. The lowest BCUT2D eigenvalue weighted by Gasteiger charge is -2.14. The van der Waals surface area contributed by atoms with Gasteiger partial charge in [0.05, 0.1) is 22.3 Å². The predicted molar refractivity (Wildman–Crippen MR) is 97.9 cm³/mol. The van der Waals surface area contributed by atoms with E-state index in [2.05, 4.69) is 15.4 Å². The molecule has 0 bridgehead atoms. The molecule has 7 nitrogen and oxygen atoms in total. The zero-order chi connectivity index (χ0) is 18.8. The number of hydrogen-bond donors (Lipinski definition) is 2. The Hall–Kier alpha value is -3.22. The third kappa shape index (κ3) is 3.15. The summed E-state index contributed by atoms with van der Waals surface area (Å²) in [7, 11) is 1.77. The Kier molecular flexibility index (Phi) is 4.71. The number of carboxylic acids is 1. The van der Waals surface area contributed by atoms with E-state index in [-0.39, 0.29) is 0 Å². The number of fused-ring (bicyclic) bond motifs is 1. The maximum absolute atomic E-state index is 12.8. The van der Waals surface area contributed by atoms with Gasteiger partial charge >= 0.3 is 5.97 Å². The Balaban J connectivity index is 2.16. The number of carbonyl (C=O) groups is 2. The Morgan fingerprint density at radius 1 is 1.27 bits per heavy atom. The SMILES string of the molecule is CCC(NC(=O)c1cc(-c2ccccc2)nc2c1c(C)nn2C)C(=O)O. The van der Waals surface area contributed by atoms with Crippen LogP contribution in [-0.4, -0.2) is 37.8 Å². The van der Waals surface area contributed by atoms with E-state index in [1.807, 2.05) is 30.3 Å². The van der Waals surface area contributed by atoms with Crippen molar-refractivity contribution in [2.45, 2.75) is 26.3 Å². The molecular formula is C19H20N4O3. The van der Waals surface area contributed by atoms with Crippen molar-refractivity contribution in [1.82, 2.24) is 20.1 Å². The maximum atomic E-state index is 12.8. The summed E-state index contributed by atoms with van der Waals surface area (Å²) >= 11 is 0. The van der Waals surface area contributed by atoms with E-state index in [4.69, 9.17) is 0 Å². The lowest BCUT2D eigenvalue weighted by atomic mass is 10.0. The Morgan fingerprint density at radius 2 is 1.96 bits per heavy atom. The van der Waals surface area contributed by atoms with E-state index in [1.165, 1.54) is 0 Å². The van der Waals surface area contributed by atoms with Crippen molar-refractivity contribution in [2.75, 3.05) is 0 Å². The molecule has 0 aliphatic rings. The van der Waals surface area contributed by atoms with Crippen LogP contribution in [0.1, 0.15) is 29.4 Å². The summed E-state index contributed by atoms with van der Waals surface area (Å²) in [5, 5.41) is 16.8. The summed E-state index contributed by atoms with van der Waals surface area (Å²) in [6.45, 7) is 3.52. The second kappa shape index (κ2) is 6.95. The summed E-state index contributed by atoms with van der Waals surface area (Å²) < 4.78 is 1.63. The minimum absolute atomic E-state index is 0.298. The van der Waals surface area contributed by atoms with Crippen LogP contribution >= 0.6 is 0 Å². The summed E-state index contributed by atoms with van der Waals surface area (Å²) in [5.41, 5.74) is 3.13. The fourth-order valence-corrected chi connectivity index (χ4v) is 2.96. The fourth-order valence-electron chi connectivity index (χ4n) is 2.96. The highest BCUT2D eigenvalue weighted by atomic mass is 16.4. The third-order valence-corrected chi connectivity index (χ3v) is 4.29. The molecule has 2 aromatic heterocycles. The number of carboxylic acid groups (broad SMARTS) is 1. The molecule has 1 unspecified atom stereocenters. The average Bonchev–Trinajstić information content (AvgIpc) is 2.93. The number of aliphatic carboxylic acids is 1. The van der Waals surface area contributed by atoms with Gasteiger partial charge in [0, 0.05) is 12.6 Å². The summed E-state index contributed by atoms with van der Waals surface area (Å²) in [4.78, 5) is 28.8. The van der Waals surface area contributed by atoms with Crippen LogP contribution < -0.4 is 5.32 Å². The number of hydrogen-bond acceptors (Lipinski definition) is 4. The second-order valence-corrected chi connectivity index (χ2v) is 6.10. The zero-order valence-corrected chi connectivity index (χ0v) is 14.9. The molecule has 2 heterocycles. The summed E-state index contributed by atoms with van der Waals surface area (Å²) in [6, 6.07) is 10.3. The first-order valence-electron chi connectivity index (χ1n) is 8.35. The van der Waals surface area contributed by atoms with Crippen molar-refractivity contribution >= 4 is 22.9 Å². The van der Waals surface area contributed by atoms with Crippen molar-refractivity contribution in [3.8, 4) is 11.3 Å². The average molecular weight is 352 g/mol. The molecule has 0 aliphatic heterocycles. The van der Waals surface area contributed by atoms with Crippen molar-refractivity contribution in [1.29, 1.82) is 0 Å². The molecule has 26 heavy (non-hydrogen) atoms. The number of benzene rings is 1. The second-order valence-electron chi connectivity index (χ2n) is 6.10. The number of aromatic nitrogens is 3. The Labute approximate surface area is 150 Å². The van der Waals surface area contributed by atoms with E-state index in [9.17, 15) is 14.7 Å². The van der Waals surface area contributed by atoms with Crippen LogP contribution in [-0.2, 0) is 11.8 Å². The van der Waals surface area contributed by atoms with Gasteiger partial charge in [-0.05, 0) is 19.4 Å². The lowest BCUT2D eigenvalue weighted by Crippen LogP contribution is -2.40. The zero-order valence-electron chi connectivity index (χ0n) is 14.9. The van der Waals surface area contributed by atoms with E-state index >= 15 is 0 Å². The summed E-state index contributed by atoms with van der Waals surface area (Å²) in [5.74, 6) is -1.50. The van der Waals surface area contributed by atoms with Gasteiger partial charge in [-0.25, -0.2) is 9.78 Å². The van der Waals surface area contributed by atoms with E-state index in [0.29, 0.717) is 34.4 Å². The van der Waals surface area contributed by atoms with Crippen molar-refractivity contribution < 1.29 is 14.7 Å². The van der Waals surface area contributed by atoms with Gasteiger partial charge in [-0.15, -0.1) is 0 Å². The van der Waals surface area contributed by atoms with Gasteiger partial charge in [-0.2, -0.15) is 5.10 Å². The number of aryl methyl sites for hydroxylation is 2. The van der Waals surface area contributed by atoms with Gasteiger partial charge in [-0.1, -0.05) is 37.3 Å². The van der Waals surface area contributed by atoms with Gasteiger partial charge in [0.1, 0.15) is 6.04 Å². The molecule has 134 valence electrons. The molecule has 0 radical (unpaired) electrons. The van der Waals surface area contributed by atoms with Crippen molar-refractivity contribution in [2.24, 2.45) is 7.05 Å². The molecule has 3 rings (SSSR count). The molecule has 0 spiro atoms. The van der Waals surface area contributed by atoms with Crippen LogP contribution in [0.5, 0.6) is 0 Å². The molecule has 0 saturated carbocycles. The quantitative estimate of drug-likeness (QED) is 0.735. The number of nitrogens with one attached hydrogen (secondary N) is 1. The molecule has 1 aromatic carbocycles. The highest BCUT2D eigenvalue weighted by molar-refractivity contribution is 6.08. The van der Waals surface area contributed by atoms with E-state index in [1.54, 1.807) is 31.6 Å². The maximum Gasteiger partial charge on any atom is 0.326 e. The highest BCUT2D eigenvalue weighted by Crippen LogP contribution is 2.26. The normalized spacial score (nSPS) is 12.1. The number of carbonyl (C=O) groups excluding carboxylic acids is 1. The standard InChI is InChI=1S/C19H20N4O3/c1-4-14(19(25)26)21-18(24)13-10-15(12-8-6-5-7-9-12)20-17-16(13)11(2)22-23(17)3/h5-10,14H,4H2,1-3H3,(H,21,24)(H,25,26). The van der Waals surface area contributed by atoms with Crippen LogP contribution in [0.15, 0.2) is 36.4 Å². The number of rotatable bonds is 5. The topological polar surface area (TPSA) is 97.1 Å². The van der Waals surface area contributed by atoms with Gasteiger partial charge in [0.2, 0.25) is 0 Å².